The molecule has 0 atom stereocenters. The number of sulfone groups is 1. The van der Waals surface area contributed by atoms with E-state index in [1.165, 1.54) is 0 Å². The summed E-state index contributed by atoms with van der Waals surface area (Å²) in [6.45, 7) is 3.65. The van der Waals surface area contributed by atoms with Crippen molar-refractivity contribution in [3.05, 3.63) is 22.2 Å². The summed E-state index contributed by atoms with van der Waals surface area (Å²) in [6, 6.07) is 0.987. The van der Waals surface area contributed by atoms with Crippen LogP contribution in [-0.4, -0.2) is 24.6 Å². The van der Waals surface area contributed by atoms with Crippen LogP contribution >= 0.6 is 0 Å². The highest BCUT2D eigenvalue weighted by Crippen LogP contribution is 2.09. The zero-order valence-corrected chi connectivity index (χ0v) is 9.05. The third kappa shape index (κ3) is 2.41. The molecule has 6 heteroatoms. The minimum atomic E-state index is -3.41. The predicted molar refractivity (Wildman–Crippen MR) is 52.1 cm³/mol. The van der Waals surface area contributed by atoms with Crippen molar-refractivity contribution < 1.29 is 8.42 Å². The van der Waals surface area contributed by atoms with Crippen LogP contribution in [0.25, 0.3) is 0 Å². The molecule has 0 bridgehead atoms. The summed E-state index contributed by atoms with van der Waals surface area (Å²) in [5.41, 5.74) is -0.441. The Bertz CT molecular complexity index is 488. The fourth-order valence-electron chi connectivity index (χ4n) is 0.917. The van der Waals surface area contributed by atoms with Crippen molar-refractivity contribution in [2.24, 2.45) is 0 Å². The van der Waals surface area contributed by atoms with Gasteiger partial charge in [0.1, 0.15) is 5.82 Å². The first-order chi connectivity index (χ1) is 6.30. The molecule has 0 fully saturated rings. The van der Waals surface area contributed by atoms with Crippen LogP contribution in [0, 0.1) is 0 Å². The minimum absolute atomic E-state index is 0.00981. The lowest BCUT2D eigenvalue weighted by Gasteiger charge is -2.04. The molecule has 1 rings (SSSR count). The number of rotatable bonds is 2. The molecular weight excluding hydrogens is 204 g/mol. The molecular formula is C8H12N2O3S. The number of aromatic nitrogens is 2. The van der Waals surface area contributed by atoms with Gasteiger partial charge in [-0.05, 0) is 0 Å². The molecule has 0 radical (unpaired) electrons. The molecule has 14 heavy (non-hydrogen) atoms. The Hall–Kier alpha value is -1.17. The summed E-state index contributed by atoms with van der Waals surface area (Å²) in [5, 5.41) is -0.176. The van der Waals surface area contributed by atoms with Crippen molar-refractivity contribution in [2.45, 2.75) is 24.8 Å². The average molecular weight is 216 g/mol. The molecule has 1 heterocycles. The molecule has 0 unspecified atom stereocenters. The lowest BCUT2D eigenvalue weighted by Crippen LogP contribution is -2.15. The van der Waals surface area contributed by atoms with E-state index in [-0.39, 0.29) is 10.9 Å². The van der Waals surface area contributed by atoms with Crippen molar-refractivity contribution in [1.82, 2.24) is 9.97 Å². The Morgan fingerprint density at radius 1 is 1.43 bits per heavy atom. The molecule has 0 aromatic carbocycles. The van der Waals surface area contributed by atoms with Gasteiger partial charge in [-0.2, -0.15) is 0 Å². The van der Waals surface area contributed by atoms with E-state index in [4.69, 9.17) is 0 Å². The number of hydrogen-bond donors (Lipinski definition) is 1. The van der Waals surface area contributed by atoms with Crippen LogP contribution in [0.5, 0.6) is 0 Å². The third-order valence-electron chi connectivity index (χ3n) is 1.66. The summed E-state index contributed by atoms with van der Waals surface area (Å²) in [6.07, 6.45) is 1.03. The van der Waals surface area contributed by atoms with E-state index < -0.39 is 15.4 Å². The Labute approximate surface area is 82.1 Å². The van der Waals surface area contributed by atoms with E-state index in [0.29, 0.717) is 5.82 Å². The molecule has 0 saturated carbocycles. The van der Waals surface area contributed by atoms with E-state index in [2.05, 4.69) is 9.97 Å². The smallest absolute Gasteiger partial charge is 0.252 e. The first kappa shape index (κ1) is 10.9. The summed E-state index contributed by atoms with van der Waals surface area (Å²) in [5.74, 6) is 0.377. The second-order valence-electron chi connectivity index (χ2n) is 3.40. The van der Waals surface area contributed by atoms with Gasteiger partial charge in [0.25, 0.3) is 5.56 Å². The molecule has 0 saturated heterocycles. The van der Waals surface area contributed by atoms with Crippen LogP contribution in [0.2, 0.25) is 0 Å². The van der Waals surface area contributed by atoms with Crippen molar-refractivity contribution in [2.75, 3.05) is 6.26 Å². The van der Waals surface area contributed by atoms with Crippen LogP contribution in [0.4, 0.5) is 0 Å². The lowest BCUT2D eigenvalue weighted by atomic mass is 10.2. The molecule has 1 aromatic rings. The molecule has 1 aromatic heterocycles. The third-order valence-corrected chi connectivity index (χ3v) is 2.63. The second-order valence-corrected chi connectivity index (χ2v) is 5.36. The maximum absolute atomic E-state index is 11.1. The standard InChI is InChI=1S/C8H12N2O3S/c1-5(2)8-9-6(11)4-7(10-8)14(3,12)13/h4-5H,1-3H3,(H,9,10,11). The van der Waals surface area contributed by atoms with Gasteiger partial charge >= 0.3 is 0 Å². The normalized spacial score (nSPS) is 12.0. The number of nitrogens with zero attached hydrogens (tertiary/aromatic N) is 1. The van der Waals surface area contributed by atoms with Gasteiger partial charge in [-0.25, -0.2) is 13.4 Å². The summed E-state index contributed by atoms with van der Waals surface area (Å²) in [7, 11) is -3.41. The first-order valence-electron chi connectivity index (χ1n) is 4.12. The molecule has 0 amide bonds. The Morgan fingerprint density at radius 2 is 2.00 bits per heavy atom. The summed E-state index contributed by atoms with van der Waals surface area (Å²) < 4.78 is 22.3. The highest BCUT2D eigenvalue weighted by Gasteiger charge is 2.12. The topological polar surface area (TPSA) is 79.9 Å². The Morgan fingerprint density at radius 3 is 2.43 bits per heavy atom. The zero-order chi connectivity index (χ0) is 10.9. The van der Waals surface area contributed by atoms with E-state index in [0.717, 1.165) is 12.3 Å². The van der Waals surface area contributed by atoms with Crippen molar-refractivity contribution in [3.63, 3.8) is 0 Å². The summed E-state index contributed by atoms with van der Waals surface area (Å²) >= 11 is 0. The van der Waals surface area contributed by atoms with Gasteiger partial charge in [-0.3, -0.25) is 4.79 Å². The van der Waals surface area contributed by atoms with Gasteiger partial charge in [0.2, 0.25) is 0 Å². The van der Waals surface area contributed by atoms with Crippen LogP contribution < -0.4 is 5.56 Å². The molecule has 5 nitrogen and oxygen atoms in total. The van der Waals surface area contributed by atoms with Crippen LogP contribution in [0.15, 0.2) is 15.9 Å². The molecule has 0 aliphatic carbocycles. The van der Waals surface area contributed by atoms with Gasteiger partial charge in [-0.15, -0.1) is 0 Å². The Kier molecular flexibility index (Phi) is 2.75. The molecule has 78 valence electrons. The van der Waals surface area contributed by atoms with Gasteiger partial charge in [0, 0.05) is 18.2 Å². The lowest BCUT2D eigenvalue weighted by molar-refractivity contribution is 0.595. The van der Waals surface area contributed by atoms with Gasteiger partial charge in [-0.1, -0.05) is 13.8 Å². The summed E-state index contributed by atoms with van der Waals surface area (Å²) in [4.78, 5) is 17.5. The molecule has 0 aliphatic rings. The van der Waals surface area contributed by atoms with Crippen LogP contribution in [-0.2, 0) is 9.84 Å². The molecule has 0 spiro atoms. The van der Waals surface area contributed by atoms with E-state index in [9.17, 15) is 13.2 Å². The SMILES string of the molecule is CC(C)c1nc(S(C)(=O)=O)cc(=O)[nH]1. The van der Waals surface area contributed by atoms with E-state index >= 15 is 0 Å². The maximum Gasteiger partial charge on any atom is 0.252 e. The first-order valence-corrected chi connectivity index (χ1v) is 6.01. The fourth-order valence-corrected chi connectivity index (χ4v) is 1.50. The fraction of sp³-hybridized carbons (Fsp3) is 0.500. The highest BCUT2D eigenvalue weighted by molar-refractivity contribution is 7.90. The minimum Gasteiger partial charge on any atom is -0.310 e. The van der Waals surface area contributed by atoms with Crippen molar-refractivity contribution in [1.29, 1.82) is 0 Å². The number of H-pyrrole nitrogens is 1. The molecule has 1 N–H and O–H groups in total. The van der Waals surface area contributed by atoms with Crippen LogP contribution in [0.3, 0.4) is 0 Å². The number of aromatic amines is 1. The monoisotopic (exact) mass is 216 g/mol. The van der Waals surface area contributed by atoms with E-state index in [1.807, 2.05) is 13.8 Å². The van der Waals surface area contributed by atoms with Crippen LogP contribution in [0.1, 0.15) is 25.6 Å². The quantitative estimate of drug-likeness (QED) is 0.721. The van der Waals surface area contributed by atoms with Crippen molar-refractivity contribution in [3.8, 4) is 0 Å². The van der Waals surface area contributed by atoms with Gasteiger partial charge in [0.15, 0.2) is 14.9 Å². The predicted octanol–water partition coefficient (Wildman–Crippen LogP) is 0.297. The zero-order valence-electron chi connectivity index (χ0n) is 8.23. The Balaban J connectivity index is 3.43. The van der Waals surface area contributed by atoms with Crippen molar-refractivity contribution >= 4 is 9.84 Å². The second kappa shape index (κ2) is 3.53. The maximum atomic E-state index is 11.1. The number of nitrogens with one attached hydrogen (secondary N) is 1. The highest BCUT2D eigenvalue weighted by atomic mass is 32.2. The van der Waals surface area contributed by atoms with Gasteiger partial charge < -0.3 is 4.98 Å². The number of hydrogen-bond acceptors (Lipinski definition) is 4. The van der Waals surface area contributed by atoms with E-state index in [1.54, 1.807) is 0 Å². The molecule has 0 aliphatic heterocycles. The van der Waals surface area contributed by atoms with Gasteiger partial charge in [0.05, 0.1) is 0 Å². The average Bonchev–Trinajstić information content (AvgIpc) is 2.01. The largest absolute Gasteiger partial charge is 0.310 e.